The first kappa shape index (κ1) is 17.8. The largest absolute Gasteiger partial charge is 0.508 e. The van der Waals surface area contributed by atoms with Crippen molar-refractivity contribution < 1.29 is 23.0 Å². The van der Waals surface area contributed by atoms with E-state index in [0.717, 1.165) is 25.0 Å². The average Bonchev–Trinajstić information content (AvgIpc) is 3.04. The summed E-state index contributed by atoms with van der Waals surface area (Å²) in [7, 11) is 0. The summed E-state index contributed by atoms with van der Waals surface area (Å²) in [6.45, 7) is 2.91. The SMILES string of the molecule is Cc1cc(C(F)(F)F)cc(O)c1C1C=Nc2cn(C3CCOCC3)nc2N1. The molecule has 1 unspecified atom stereocenters. The van der Waals surface area contributed by atoms with Crippen LogP contribution < -0.4 is 5.32 Å². The van der Waals surface area contributed by atoms with Crippen molar-refractivity contribution in [2.45, 2.75) is 38.0 Å². The Bertz CT molecular complexity index is 862. The lowest BCUT2D eigenvalue weighted by Gasteiger charge is -2.23. The zero-order chi connectivity index (χ0) is 19.2. The molecule has 0 bridgehead atoms. The van der Waals surface area contributed by atoms with Crippen LogP contribution in [0.4, 0.5) is 24.7 Å². The third-order valence-electron chi connectivity index (χ3n) is 4.94. The molecule has 2 N–H and O–H groups in total. The van der Waals surface area contributed by atoms with E-state index in [9.17, 15) is 18.3 Å². The highest BCUT2D eigenvalue weighted by Crippen LogP contribution is 2.40. The van der Waals surface area contributed by atoms with Gasteiger partial charge in [0, 0.05) is 25.0 Å². The molecule has 3 heterocycles. The molecule has 6 nitrogen and oxygen atoms in total. The fourth-order valence-corrected chi connectivity index (χ4v) is 3.55. The van der Waals surface area contributed by atoms with E-state index >= 15 is 0 Å². The van der Waals surface area contributed by atoms with Gasteiger partial charge in [-0.1, -0.05) is 0 Å². The van der Waals surface area contributed by atoms with E-state index < -0.39 is 23.5 Å². The minimum Gasteiger partial charge on any atom is -0.508 e. The van der Waals surface area contributed by atoms with Crippen molar-refractivity contribution in [1.82, 2.24) is 9.78 Å². The molecule has 27 heavy (non-hydrogen) atoms. The number of aromatic hydroxyl groups is 1. The summed E-state index contributed by atoms with van der Waals surface area (Å²) in [5, 5.41) is 17.9. The van der Waals surface area contributed by atoms with Gasteiger partial charge in [0.25, 0.3) is 0 Å². The smallest absolute Gasteiger partial charge is 0.416 e. The number of hydrogen-bond donors (Lipinski definition) is 2. The van der Waals surface area contributed by atoms with Gasteiger partial charge >= 0.3 is 6.18 Å². The molecule has 0 aliphatic carbocycles. The summed E-state index contributed by atoms with van der Waals surface area (Å²) < 4.78 is 46.0. The number of ether oxygens (including phenoxy) is 1. The van der Waals surface area contributed by atoms with E-state index in [2.05, 4.69) is 15.4 Å². The predicted molar refractivity (Wildman–Crippen MR) is 93.7 cm³/mol. The molecule has 4 rings (SSSR count). The van der Waals surface area contributed by atoms with Gasteiger partial charge in [0.15, 0.2) is 5.82 Å². The average molecular weight is 380 g/mol. The second kappa shape index (κ2) is 6.56. The van der Waals surface area contributed by atoms with E-state index in [1.165, 1.54) is 6.92 Å². The number of nitrogens with one attached hydrogen (secondary N) is 1. The number of phenolic OH excluding ortho intramolecular Hbond substituents is 1. The number of anilines is 1. The van der Waals surface area contributed by atoms with E-state index in [0.29, 0.717) is 35.8 Å². The topological polar surface area (TPSA) is 71.7 Å². The molecule has 0 saturated carbocycles. The predicted octanol–water partition coefficient (Wildman–Crippen LogP) is 4.14. The Morgan fingerprint density at radius 3 is 2.67 bits per heavy atom. The van der Waals surface area contributed by atoms with Gasteiger partial charge in [-0.25, -0.2) is 0 Å². The molecular formula is C18H19F3N4O2. The molecule has 0 radical (unpaired) electrons. The standard InChI is InChI=1S/C18H19F3N4O2/c1-10-6-11(18(19,20)21)7-15(26)16(10)13-8-22-14-9-25(24-17(14)23-13)12-2-4-27-5-3-12/h6-9,12-13,26H,2-5H2,1H3,(H,23,24). The van der Waals surface area contributed by atoms with Gasteiger partial charge in [0.1, 0.15) is 11.4 Å². The Morgan fingerprint density at radius 1 is 1.26 bits per heavy atom. The molecule has 9 heteroatoms. The normalized spacial score (nSPS) is 20.4. The first-order valence-corrected chi connectivity index (χ1v) is 8.71. The molecule has 0 amide bonds. The zero-order valence-electron chi connectivity index (χ0n) is 14.6. The number of alkyl halides is 3. The highest BCUT2D eigenvalue weighted by Gasteiger charge is 2.33. The zero-order valence-corrected chi connectivity index (χ0v) is 14.6. The number of hydrogen-bond acceptors (Lipinski definition) is 5. The fourth-order valence-electron chi connectivity index (χ4n) is 3.55. The van der Waals surface area contributed by atoms with Crippen LogP contribution in [0.5, 0.6) is 5.75 Å². The molecule has 144 valence electrons. The van der Waals surface area contributed by atoms with Crippen molar-refractivity contribution in [3.05, 3.63) is 35.0 Å². The van der Waals surface area contributed by atoms with Crippen LogP contribution in [0.3, 0.4) is 0 Å². The molecular weight excluding hydrogens is 361 g/mol. The lowest BCUT2D eigenvalue weighted by Crippen LogP contribution is -2.20. The van der Waals surface area contributed by atoms with Crippen LogP contribution in [0.1, 0.15) is 41.6 Å². The second-order valence-corrected chi connectivity index (χ2v) is 6.81. The summed E-state index contributed by atoms with van der Waals surface area (Å²) in [4.78, 5) is 4.38. The van der Waals surface area contributed by atoms with Crippen molar-refractivity contribution in [3.8, 4) is 5.75 Å². The van der Waals surface area contributed by atoms with Gasteiger partial charge in [-0.15, -0.1) is 0 Å². The van der Waals surface area contributed by atoms with Crippen LogP contribution in [-0.4, -0.2) is 34.3 Å². The first-order chi connectivity index (χ1) is 12.8. The molecule has 2 aliphatic rings. The fraction of sp³-hybridized carbons (Fsp3) is 0.444. The molecule has 1 saturated heterocycles. The van der Waals surface area contributed by atoms with Crippen LogP contribution in [0.25, 0.3) is 0 Å². The number of fused-ring (bicyclic) bond motifs is 1. The first-order valence-electron chi connectivity index (χ1n) is 8.71. The summed E-state index contributed by atoms with van der Waals surface area (Å²) >= 11 is 0. The number of halogens is 3. The molecule has 1 atom stereocenters. The van der Waals surface area contributed by atoms with Gasteiger partial charge < -0.3 is 15.2 Å². The summed E-state index contributed by atoms with van der Waals surface area (Å²) in [5.41, 5.74) is 0.483. The maximum atomic E-state index is 12.9. The minimum atomic E-state index is -4.51. The lowest BCUT2D eigenvalue weighted by molar-refractivity contribution is -0.137. The van der Waals surface area contributed by atoms with Crippen molar-refractivity contribution in [1.29, 1.82) is 0 Å². The molecule has 0 spiro atoms. The summed E-state index contributed by atoms with van der Waals surface area (Å²) in [6, 6.07) is 1.45. The van der Waals surface area contributed by atoms with Crippen LogP contribution in [0.15, 0.2) is 23.3 Å². The maximum Gasteiger partial charge on any atom is 0.416 e. The van der Waals surface area contributed by atoms with Gasteiger partial charge in [-0.3, -0.25) is 9.67 Å². The second-order valence-electron chi connectivity index (χ2n) is 6.81. The van der Waals surface area contributed by atoms with E-state index in [-0.39, 0.29) is 6.04 Å². The maximum absolute atomic E-state index is 12.9. The minimum absolute atomic E-state index is 0.237. The van der Waals surface area contributed by atoms with Gasteiger partial charge in [0.05, 0.1) is 23.8 Å². The third-order valence-corrected chi connectivity index (χ3v) is 4.94. The van der Waals surface area contributed by atoms with E-state index in [1.807, 2.05) is 10.9 Å². The molecule has 1 aromatic heterocycles. The van der Waals surface area contributed by atoms with Crippen LogP contribution >= 0.6 is 0 Å². The number of aliphatic imine (C=N–C) groups is 1. The van der Waals surface area contributed by atoms with E-state index in [1.54, 1.807) is 6.21 Å². The number of rotatable bonds is 2. The quantitative estimate of drug-likeness (QED) is 0.822. The highest BCUT2D eigenvalue weighted by atomic mass is 19.4. The highest BCUT2D eigenvalue weighted by molar-refractivity contribution is 5.83. The molecule has 2 aliphatic heterocycles. The van der Waals surface area contributed by atoms with Crippen molar-refractivity contribution in [2.24, 2.45) is 4.99 Å². The van der Waals surface area contributed by atoms with Gasteiger partial charge in [0.2, 0.25) is 0 Å². The number of phenols is 1. The van der Waals surface area contributed by atoms with Crippen molar-refractivity contribution in [3.63, 3.8) is 0 Å². The van der Waals surface area contributed by atoms with Crippen LogP contribution in [-0.2, 0) is 10.9 Å². The Hall–Kier alpha value is -2.55. The monoisotopic (exact) mass is 380 g/mol. The Kier molecular flexibility index (Phi) is 4.33. The number of nitrogens with zero attached hydrogens (tertiary/aromatic N) is 3. The molecule has 1 aromatic carbocycles. The number of aromatic nitrogens is 2. The van der Waals surface area contributed by atoms with Gasteiger partial charge in [-0.2, -0.15) is 18.3 Å². The lowest BCUT2D eigenvalue weighted by atomic mass is 9.97. The Labute approximate surface area is 153 Å². The Morgan fingerprint density at radius 2 is 2.00 bits per heavy atom. The molecule has 2 aromatic rings. The number of aryl methyl sites for hydroxylation is 1. The number of benzene rings is 1. The van der Waals surface area contributed by atoms with E-state index in [4.69, 9.17) is 4.74 Å². The van der Waals surface area contributed by atoms with Crippen molar-refractivity contribution in [2.75, 3.05) is 18.5 Å². The van der Waals surface area contributed by atoms with Gasteiger partial charge in [-0.05, 0) is 37.5 Å². The third kappa shape index (κ3) is 3.39. The molecule has 1 fully saturated rings. The summed E-state index contributed by atoms with van der Waals surface area (Å²) in [5.74, 6) is 0.131. The van der Waals surface area contributed by atoms with Crippen molar-refractivity contribution >= 4 is 17.7 Å². The summed E-state index contributed by atoms with van der Waals surface area (Å²) in [6.07, 6.45) is 0.654. The van der Waals surface area contributed by atoms with Crippen LogP contribution in [0.2, 0.25) is 0 Å². The Balaban J connectivity index is 1.61. The van der Waals surface area contributed by atoms with Crippen LogP contribution in [0, 0.1) is 6.92 Å².